The summed E-state index contributed by atoms with van der Waals surface area (Å²) in [5.41, 5.74) is 0.306. The van der Waals surface area contributed by atoms with Crippen LogP contribution in [0.25, 0.3) is 0 Å². The van der Waals surface area contributed by atoms with Gasteiger partial charge < -0.3 is 9.80 Å². The zero-order valence-electron chi connectivity index (χ0n) is 20.4. The van der Waals surface area contributed by atoms with Crippen molar-refractivity contribution in [3.05, 3.63) is 25.6 Å². The van der Waals surface area contributed by atoms with E-state index in [1.165, 1.54) is 129 Å². The Balaban J connectivity index is 1.22. The first-order valence-corrected chi connectivity index (χ1v) is 13.5. The molecule has 3 rings (SSSR count). The van der Waals surface area contributed by atoms with Crippen LogP contribution in [0, 0.1) is 0 Å². The Morgan fingerprint density at radius 1 is 0.613 bits per heavy atom. The average Bonchev–Trinajstić information content (AvgIpc) is 3.36. The quantitative estimate of drug-likeness (QED) is 0.331. The van der Waals surface area contributed by atoms with Gasteiger partial charge in [-0.1, -0.05) is 70.9 Å². The first kappa shape index (κ1) is 24.6. The molecule has 0 aromatic carbocycles. The fraction of sp³-hybridized carbons (Fsp3) is 0.852. The van der Waals surface area contributed by atoms with Gasteiger partial charge in [-0.3, -0.25) is 9.80 Å². The highest BCUT2D eigenvalue weighted by Gasteiger charge is 2.44. The molecule has 2 saturated heterocycles. The minimum Gasteiger partial charge on any atom is -0.364 e. The highest BCUT2D eigenvalue weighted by molar-refractivity contribution is 5.00. The summed E-state index contributed by atoms with van der Waals surface area (Å²) < 4.78 is 0. The first-order chi connectivity index (χ1) is 15.3. The first-order valence-electron chi connectivity index (χ1n) is 13.5. The molecule has 3 fully saturated rings. The van der Waals surface area contributed by atoms with Gasteiger partial charge in [-0.15, -0.1) is 0 Å². The van der Waals surface area contributed by atoms with E-state index in [4.69, 9.17) is 0 Å². The molecule has 2 heterocycles. The van der Waals surface area contributed by atoms with Crippen LogP contribution in [0.2, 0.25) is 0 Å². The van der Waals surface area contributed by atoms with Crippen LogP contribution >= 0.6 is 0 Å². The van der Waals surface area contributed by atoms with Gasteiger partial charge in [0.05, 0.1) is 12.3 Å². The molecule has 2 aliphatic heterocycles. The fourth-order valence-corrected chi connectivity index (χ4v) is 6.18. The summed E-state index contributed by atoms with van der Waals surface area (Å²) in [5, 5.41) is 0. The van der Waals surface area contributed by atoms with Crippen LogP contribution in [0.3, 0.4) is 0 Å². The lowest BCUT2D eigenvalue weighted by atomic mass is 9.89. The molecular weight excluding hydrogens is 380 g/mol. The maximum absolute atomic E-state index is 4.15. The summed E-state index contributed by atoms with van der Waals surface area (Å²) in [4.78, 5) is 10.3. The van der Waals surface area contributed by atoms with E-state index in [9.17, 15) is 0 Å². The Hall–Kier alpha value is -1.00. The predicted molar refractivity (Wildman–Crippen MR) is 134 cm³/mol. The summed E-state index contributed by atoms with van der Waals surface area (Å²) in [5.74, 6) is 0. The minimum absolute atomic E-state index is 0.306. The maximum Gasteiger partial charge on any atom is 0.0928 e. The summed E-state index contributed by atoms with van der Waals surface area (Å²) in [7, 11) is 0. The van der Waals surface area contributed by atoms with E-state index in [2.05, 4.69) is 39.0 Å². The van der Waals surface area contributed by atoms with Crippen molar-refractivity contribution in [2.75, 3.05) is 45.9 Å². The van der Waals surface area contributed by atoms with Gasteiger partial charge in [-0.25, -0.2) is 0 Å². The normalized spacial score (nSPS) is 22.7. The van der Waals surface area contributed by atoms with Gasteiger partial charge in [0.15, 0.2) is 0 Å². The molecule has 0 unspecified atom stereocenters. The third-order valence-electron chi connectivity index (χ3n) is 8.10. The second-order valence-corrected chi connectivity index (χ2v) is 10.2. The summed E-state index contributed by atoms with van der Waals surface area (Å²) in [6.07, 6.45) is 25.1. The molecular formula is C27H50N4. The molecule has 4 nitrogen and oxygen atoms in total. The Labute approximate surface area is 193 Å². The lowest BCUT2D eigenvalue weighted by Crippen LogP contribution is -2.52. The smallest absolute Gasteiger partial charge is 0.0928 e. The van der Waals surface area contributed by atoms with Gasteiger partial charge >= 0.3 is 0 Å². The van der Waals surface area contributed by atoms with Crippen LogP contribution in [0.4, 0.5) is 0 Å². The molecule has 0 aromatic rings. The number of rotatable bonds is 13. The summed E-state index contributed by atoms with van der Waals surface area (Å²) in [6.45, 7) is 16.5. The molecule has 1 saturated carbocycles. The van der Waals surface area contributed by atoms with Crippen LogP contribution in [0.15, 0.2) is 25.6 Å². The fourth-order valence-electron chi connectivity index (χ4n) is 6.18. The van der Waals surface area contributed by atoms with Gasteiger partial charge in [0, 0.05) is 32.7 Å². The topological polar surface area (TPSA) is 13.0 Å². The molecule has 3 aliphatic rings. The number of unbranched alkanes of at least 4 members (excludes halogenated alkanes) is 7. The third kappa shape index (κ3) is 7.25. The molecule has 1 spiro atoms. The van der Waals surface area contributed by atoms with Crippen LogP contribution in [0.5, 0.6) is 0 Å². The summed E-state index contributed by atoms with van der Waals surface area (Å²) in [6, 6.07) is 0. The molecule has 0 aromatic heterocycles. The Kier molecular flexibility index (Phi) is 10.7. The Bertz CT molecular complexity index is 511. The zero-order chi connectivity index (χ0) is 21.8. The average molecular weight is 431 g/mol. The van der Waals surface area contributed by atoms with Gasteiger partial charge in [0.1, 0.15) is 0 Å². The second-order valence-electron chi connectivity index (χ2n) is 10.2. The van der Waals surface area contributed by atoms with Crippen molar-refractivity contribution in [2.24, 2.45) is 0 Å². The van der Waals surface area contributed by atoms with Crippen LogP contribution in [-0.4, -0.2) is 71.2 Å². The molecule has 0 bridgehead atoms. The second kappa shape index (κ2) is 13.5. The highest BCUT2D eigenvalue weighted by atomic mass is 15.5. The number of hydrogen-bond donors (Lipinski definition) is 0. The largest absolute Gasteiger partial charge is 0.364 e. The van der Waals surface area contributed by atoms with E-state index in [1.807, 2.05) is 6.20 Å². The Morgan fingerprint density at radius 3 is 1.84 bits per heavy atom. The third-order valence-corrected chi connectivity index (χ3v) is 8.10. The van der Waals surface area contributed by atoms with E-state index in [0.717, 1.165) is 13.2 Å². The van der Waals surface area contributed by atoms with E-state index in [1.54, 1.807) is 0 Å². The van der Waals surface area contributed by atoms with Crippen LogP contribution < -0.4 is 0 Å². The Morgan fingerprint density at radius 2 is 1.23 bits per heavy atom. The van der Waals surface area contributed by atoms with Crippen molar-refractivity contribution in [3.8, 4) is 0 Å². The van der Waals surface area contributed by atoms with Gasteiger partial charge in [-0.2, -0.15) is 0 Å². The van der Waals surface area contributed by atoms with Gasteiger partial charge in [-0.05, 0) is 57.5 Å². The SMILES string of the molecule is C=CN1CCN(CCCCCCCCCCN2CCN(C=C)C23CCCCCCC3)C1. The lowest BCUT2D eigenvalue weighted by Gasteiger charge is -2.45. The van der Waals surface area contributed by atoms with Crippen molar-refractivity contribution in [1.29, 1.82) is 0 Å². The van der Waals surface area contributed by atoms with E-state index in [0.29, 0.717) is 5.66 Å². The molecule has 178 valence electrons. The van der Waals surface area contributed by atoms with E-state index in [-0.39, 0.29) is 0 Å². The number of hydrogen-bond acceptors (Lipinski definition) is 4. The molecule has 4 heteroatoms. The van der Waals surface area contributed by atoms with E-state index >= 15 is 0 Å². The summed E-state index contributed by atoms with van der Waals surface area (Å²) >= 11 is 0. The van der Waals surface area contributed by atoms with Crippen molar-refractivity contribution in [1.82, 2.24) is 19.6 Å². The minimum atomic E-state index is 0.306. The molecule has 0 radical (unpaired) electrons. The predicted octanol–water partition coefficient (Wildman–Crippen LogP) is 6.03. The van der Waals surface area contributed by atoms with Crippen molar-refractivity contribution in [3.63, 3.8) is 0 Å². The standard InChI is InChI=1S/C27H50N4/c1-3-28-22-23-29(26-28)20-16-12-7-5-6-8-13-17-21-31-25-24-30(4-2)27(31)18-14-10-9-11-15-19-27/h3-4H,1-2,5-26H2. The van der Waals surface area contributed by atoms with Gasteiger partial charge in [0.25, 0.3) is 0 Å². The molecule has 1 aliphatic carbocycles. The lowest BCUT2D eigenvalue weighted by molar-refractivity contribution is 0.0155. The highest BCUT2D eigenvalue weighted by Crippen LogP contribution is 2.38. The van der Waals surface area contributed by atoms with Crippen molar-refractivity contribution in [2.45, 2.75) is 102 Å². The van der Waals surface area contributed by atoms with Crippen molar-refractivity contribution >= 4 is 0 Å². The monoisotopic (exact) mass is 430 g/mol. The number of nitrogens with zero attached hydrogens (tertiary/aromatic N) is 4. The maximum atomic E-state index is 4.15. The molecule has 0 amide bonds. The van der Waals surface area contributed by atoms with Crippen molar-refractivity contribution < 1.29 is 0 Å². The zero-order valence-corrected chi connectivity index (χ0v) is 20.4. The molecule has 0 atom stereocenters. The van der Waals surface area contributed by atoms with Gasteiger partial charge in [0.2, 0.25) is 0 Å². The van der Waals surface area contributed by atoms with E-state index < -0.39 is 0 Å². The molecule has 31 heavy (non-hydrogen) atoms. The van der Waals surface area contributed by atoms with Crippen LogP contribution in [-0.2, 0) is 0 Å². The van der Waals surface area contributed by atoms with Crippen LogP contribution in [0.1, 0.15) is 96.3 Å². The molecule has 0 N–H and O–H groups in total.